The molecule has 4 aliphatic rings. The summed E-state index contributed by atoms with van der Waals surface area (Å²) in [6.45, 7) is 8.81. The van der Waals surface area contributed by atoms with E-state index in [4.69, 9.17) is 9.47 Å². The molecule has 8 atom stereocenters. The molecule has 0 spiro atoms. The summed E-state index contributed by atoms with van der Waals surface area (Å²) in [6, 6.07) is 0. The number of aliphatic hydroxyl groups is 1. The first-order chi connectivity index (χ1) is 13.7. The van der Waals surface area contributed by atoms with Gasteiger partial charge in [-0.15, -0.1) is 0 Å². The molecule has 29 heavy (non-hydrogen) atoms. The molecule has 4 heteroatoms. The summed E-state index contributed by atoms with van der Waals surface area (Å²) in [7, 11) is 0. The van der Waals surface area contributed by atoms with Crippen LogP contribution < -0.4 is 0 Å². The summed E-state index contributed by atoms with van der Waals surface area (Å²) in [5.41, 5.74) is -0.697. The summed E-state index contributed by atoms with van der Waals surface area (Å²) < 4.78 is 10.8. The highest BCUT2D eigenvalue weighted by atomic mass is 16.5. The molecule has 4 fully saturated rings. The van der Waals surface area contributed by atoms with E-state index in [1.54, 1.807) is 0 Å². The van der Waals surface area contributed by atoms with Crippen molar-refractivity contribution in [2.24, 2.45) is 34.5 Å². The molecule has 0 unspecified atom stereocenters. The number of esters is 1. The fourth-order valence-electron chi connectivity index (χ4n) is 7.97. The van der Waals surface area contributed by atoms with Crippen LogP contribution in [0.1, 0.15) is 85.5 Å². The van der Waals surface area contributed by atoms with E-state index in [-0.39, 0.29) is 17.5 Å². The first-order valence-corrected chi connectivity index (χ1v) is 11.8. The van der Waals surface area contributed by atoms with Crippen LogP contribution >= 0.6 is 0 Å². The number of carbonyl (C=O) groups excluding carboxylic acids is 1. The van der Waals surface area contributed by atoms with E-state index in [2.05, 4.69) is 25.9 Å². The zero-order chi connectivity index (χ0) is 20.9. The minimum absolute atomic E-state index is 0.112. The summed E-state index contributed by atoms with van der Waals surface area (Å²) in [5, 5.41) is 11.5. The third-order valence-electron chi connectivity index (χ3n) is 9.58. The summed E-state index contributed by atoms with van der Waals surface area (Å²) >= 11 is 0. The van der Waals surface area contributed by atoms with Gasteiger partial charge in [0.1, 0.15) is 17.8 Å². The van der Waals surface area contributed by atoms with Gasteiger partial charge in [0, 0.05) is 12.3 Å². The molecule has 0 aromatic carbocycles. The lowest BCUT2D eigenvalue weighted by Crippen LogP contribution is -2.56. The minimum Gasteiger partial charge on any atom is -0.463 e. The van der Waals surface area contributed by atoms with Crippen molar-refractivity contribution in [2.45, 2.75) is 97.2 Å². The Morgan fingerprint density at radius 1 is 1.07 bits per heavy atom. The Balaban J connectivity index is 1.53. The number of ether oxygens (including phenoxy) is 2. The van der Waals surface area contributed by atoms with E-state index in [1.807, 2.05) is 6.92 Å². The van der Waals surface area contributed by atoms with Crippen molar-refractivity contribution in [3.05, 3.63) is 0 Å². The van der Waals surface area contributed by atoms with Crippen LogP contribution in [0.3, 0.4) is 0 Å². The van der Waals surface area contributed by atoms with E-state index in [1.165, 1.54) is 26.2 Å². The molecule has 0 heterocycles. The van der Waals surface area contributed by atoms with Crippen molar-refractivity contribution in [1.82, 2.24) is 0 Å². The highest BCUT2D eigenvalue weighted by Gasteiger charge is 2.64. The maximum absolute atomic E-state index is 11.5. The molecule has 162 valence electrons. The van der Waals surface area contributed by atoms with Crippen molar-refractivity contribution in [2.75, 3.05) is 6.61 Å². The molecule has 0 saturated heterocycles. The van der Waals surface area contributed by atoms with E-state index in [0.29, 0.717) is 29.8 Å². The SMILES string of the molecule is CCOC#C[C@]1(O)CC[C@@H]2[C@@H]3CC[C@H]4C[C@H](OC(C)=O)CC[C@]4(C)[C@@H]3CC[C@@]21C. The highest BCUT2D eigenvalue weighted by Crippen LogP contribution is 2.68. The number of hydrogen-bond acceptors (Lipinski definition) is 4. The second kappa shape index (κ2) is 7.49. The van der Waals surface area contributed by atoms with Crippen molar-refractivity contribution in [1.29, 1.82) is 0 Å². The van der Waals surface area contributed by atoms with Gasteiger partial charge >= 0.3 is 5.97 Å². The van der Waals surface area contributed by atoms with Crippen LogP contribution in [-0.2, 0) is 14.3 Å². The average molecular weight is 403 g/mol. The second-order valence-corrected chi connectivity index (χ2v) is 10.7. The molecule has 0 radical (unpaired) electrons. The van der Waals surface area contributed by atoms with Crippen LogP contribution in [0, 0.1) is 46.5 Å². The highest BCUT2D eigenvalue weighted by molar-refractivity contribution is 5.66. The zero-order valence-electron chi connectivity index (χ0n) is 18.6. The quantitative estimate of drug-likeness (QED) is 0.538. The molecule has 4 saturated carbocycles. The zero-order valence-corrected chi connectivity index (χ0v) is 18.6. The van der Waals surface area contributed by atoms with Crippen LogP contribution in [0.25, 0.3) is 0 Å². The molecule has 0 aromatic rings. The van der Waals surface area contributed by atoms with Crippen molar-refractivity contribution in [3.8, 4) is 12.0 Å². The van der Waals surface area contributed by atoms with E-state index < -0.39 is 5.60 Å². The molecule has 4 nitrogen and oxygen atoms in total. The Morgan fingerprint density at radius 2 is 1.83 bits per heavy atom. The number of hydrogen-bond donors (Lipinski definition) is 1. The van der Waals surface area contributed by atoms with E-state index in [0.717, 1.165) is 44.4 Å². The Labute approximate surface area is 176 Å². The van der Waals surface area contributed by atoms with Gasteiger partial charge in [-0.3, -0.25) is 4.79 Å². The predicted molar refractivity (Wildman–Crippen MR) is 112 cm³/mol. The van der Waals surface area contributed by atoms with Crippen molar-refractivity contribution in [3.63, 3.8) is 0 Å². The van der Waals surface area contributed by atoms with E-state index in [9.17, 15) is 9.90 Å². The van der Waals surface area contributed by atoms with Crippen LogP contribution in [0.4, 0.5) is 0 Å². The van der Waals surface area contributed by atoms with Crippen LogP contribution in [-0.4, -0.2) is 29.4 Å². The van der Waals surface area contributed by atoms with Crippen LogP contribution in [0.5, 0.6) is 0 Å². The van der Waals surface area contributed by atoms with Gasteiger partial charge in [0.25, 0.3) is 0 Å². The topological polar surface area (TPSA) is 55.8 Å². The van der Waals surface area contributed by atoms with E-state index >= 15 is 0 Å². The predicted octanol–water partition coefficient (Wildman–Crippen LogP) is 4.69. The molecule has 0 bridgehead atoms. The molecule has 0 aliphatic heterocycles. The first-order valence-electron chi connectivity index (χ1n) is 11.8. The number of fused-ring (bicyclic) bond motifs is 5. The molecule has 4 rings (SSSR count). The summed E-state index contributed by atoms with van der Waals surface area (Å²) in [5.74, 6) is 5.59. The van der Waals surface area contributed by atoms with Gasteiger partial charge in [-0.1, -0.05) is 13.8 Å². The molecular formula is C25H38O4. The lowest BCUT2D eigenvalue weighted by atomic mass is 9.44. The standard InChI is InChI=1S/C25H38O4/c1-5-28-15-14-25(27)13-10-22-20-7-6-18-16-19(29-17(2)26)8-11-23(18,3)21(20)9-12-24(22,25)4/h18-22,27H,5-13,16H2,1-4H3/t18-,19+,20+,21+,22+,23-,24-,25+/m0/s1. The molecule has 4 aliphatic carbocycles. The number of carbonyl (C=O) groups is 1. The van der Waals surface area contributed by atoms with Crippen LogP contribution in [0.2, 0.25) is 0 Å². The van der Waals surface area contributed by atoms with Crippen molar-refractivity contribution >= 4 is 5.97 Å². The fraction of sp³-hybridized carbons (Fsp3) is 0.880. The Hall–Kier alpha value is -1.21. The molecule has 1 N–H and O–H groups in total. The van der Waals surface area contributed by atoms with Gasteiger partial charge in [0.05, 0.1) is 6.61 Å². The van der Waals surface area contributed by atoms with Gasteiger partial charge in [-0.2, -0.15) is 0 Å². The third kappa shape index (κ3) is 3.29. The largest absolute Gasteiger partial charge is 0.463 e. The number of rotatable bonds is 2. The molecule has 0 amide bonds. The molecule has 0 aromatic heterocycles. The minimum atomic E-state index is -0.914. The van der Waals surface area contributed by atoms with Gasteiger partial charge < -0.3 is 14.6 Å². The Kier molecular flexibility index (Phi) is 5.43. The summed E-state index contributed by atoms with van der Waals surface area (Å²) in [6.07, 6.45) is 12.6. The monoisotopic (exact) mass is 402 g/mol. The van der Waals surface area contributed by atoms with Gasteiger partial charge in [0.2, 0.25) is 0 Å². The Bertz CT molecular complexity index is 707. The second-order valence-electron chi connectivity index (χ2n) is 10.7. The van der Waals surface area contributed by atoms with Gasteiger partial charge in [0.15, 0.2) is 0 Å². The average Bonchev–Trinajstić information content (AvgIpc) is 2.93. The van der Waals surface area contributed by atoms with Gasteiger partial charge in [-0.05, 0) is 99.7 Å². The lowest BCUT2D eigenvalue weighted by Gasteiger charge is -2.61. The smallest absolute Gasteiger partial charge is 0.302 e. The van der Waals surface area contributed by atoms with Gasteiger partial charge in [-0.25, -0.2) is 0 Å². The van der Waals surface area contributed by atoms with Crippen molar-refractivity contribution < 1.29 is 19.4 Å². The molecular weight excluding hydrogens is 364 g/mol. The normalized spacial score (nSPS) is 48.4. The third-order valence-corrected chi connectivity index (χ3v) is 9.58. The Morgan fingerprint density at radius 3 is 2.55 bits per heavy atom. The maximum atomic E-state index is 11.5. The maximum Gasteiger partial charge on any atom is 0.302 e. The fourth-order valence-corrected chi connectivity index (χ4v) is 7.97. The van der Waals surface area contributed by atoms with Crippen LogP contribution in [0.15, 0.2) is 0 Å². The first kappa shape index (κ1) is 21.0. The summed E-state index contributed by atoms with van der Waals surface area (Å²) in [4.78, 5) is 11.4. The lowest BCUT2D eigenvalue weighted by molar-refractivity contribution is -0.164.